The van der Waals surface area contributed by atoms with Crippen molar-refractivity contribution in [3.63, 3.8) is 0 Å². The monoisotopic (exact) mass is 252 g/mol. The van der Waals surface area contributed by atoms with Crippen molar-refractivity contribution in [1.29, 1.82) is 0 Å². The maximum absolute atomic E-state index is 3.50. The summed E-state index contributed by atoms with van der Waals surface area (Å²) in [5, 5.41) is 3.50. The van der Waals surface area contributed by atoms with Gasteiger partial charge in [-0.2, -0.15) is 0 Å². The maximum Gasteiger partial charge on any atom is 0.0461 e. The van der Waals surface area contributed by atoms with Gasteiger partial charge in [-0.25, -0.2) is 0 Å². The fourth-order valence-corrected chi connectivity index (χ4v) is 2.87. The normalized spacial score (nSPS) is 13.6. The molecule has 3 rings (SSSR count). The second-order valence-corrected chi connectivity index (χ2v) is 5.18. The Balaban J connectivity index is 2.05. The minimum atomic E-state index is 1.09. The highest BCUT2D eigenvalue weighted by atomic mass is 15.1. The van der Waals surface area contributed by atoms with Crippen LogP contribution in [0.25, 0.3) is 0 Å². The van der Waals surface area contributed by atoms with Gasteiger partial charge in [-0.05, 0) is 49.1 Å². The molecular weight excluding hydrogens is 232 g/mol. The molecule has 1 aliphatic rings. The van der Waals surface area contributed by atoms with Gasteiger partial charge in [0.25, 0.3) is 0 Å². The number of nitrogens with one attached hydrogen (secondary N) is 1. The lowest BCUT2D eigenvalue weighted by atomic mass is 10.00. The highest BCUT2D eigenvalue weighted by Gasteiger charge is 2.16. The van der Waals surface area contributed by atoms with E-state index in [9.17, 15) is 0 Å². The van der Waals surface area contributed by atoms with Crippen LogP contribution in [-0.2, 0) is 6.42 Å². The van der Waals surface area contributed by atoms with Gasteiger partial charge >= 0.3 is 0 Å². The molecule has 0 saturated heterocycles. The zero-order valence-electron chi connectivity index (χ0n) is 11.6. The molecule has 98 valence electrons. The Hall–Kier alpha value is -1.96. The van der Waals surface area contributed by atoms with E-state index < -0.39 is 0 Å². The SMILES string of the molecule is Cc1ccccc1N(C)c1cccc2c1CCCN2. The van der Waals surface area contributed by atoms with E-state index in [-0.39, 0.29) is 0 Å². The number of aryl methyl sites for hydroxylation is 1. The number of hydrogen-bond acceptors (Lipinski definition) is 2. The molecule has 0 aliphatic carbocycles. The lowest BCUT2D eigenvalue weighted by Gasteiger charge is -2.28. The van der Waals surface area contributed by atoms with E-state index in [1.54, 1.807) is 0 Å². The number of nitrogens with zero attached hydrogens (tertiary/aromatic N) is 1. The van der Waals surface area contributed by atoms with Gasteiger partial charge in [0.2, 0.25) is 0 Å². The molecule has 2 heteroatoms. The van der Waals surface area contributed by atoms with Gasteiger partial charge in [-0.3, -0.25) is 0 Å². The summed E-state index contributed by atoms with van der Waals surface area (Å²) in [5.74, 6) is 0. The Morgan fingerprint density at radius 3 is 2.63 bits per heavy atom. The van der Waals surface area contributed by atoms with Crippen LogP contribution in [-0.4, -0.2) is 13.6 Å². The number of fused-ring (bicyclic) bond motifs is 1. The van der Waals surface area contributed by atoms with Crippen molar-refractivity contribution < 1.29 is 0 Å². The van der Waals surface area contributed by atoms with E-state index >= 15 is 0 Å². The van der Waals surface area contributed by atoms with E-state index in [4.69, 9.17) is 0 Å². The number of anilines is 3. The zero-order chi connectivity index (χ0) is 13.2. The minimum Gasteiger partial charge on any atom is -0.385 e. The van der Waals surface area contributed by atoms with Gasteiger partial charge in [0, 0.05) is 30.7 Å². The van der Waals surface area contributed by atoms with E-state index in [1.807, 2.05) is 0 Å². The third-order valence-electron chi connectivity index (χ3n) is 3.91. The Labute approximate surface area is 115 Å². The third kappa shape index (κ3) is 2.19. The van der Waals surface area contributed by atoms with Crippen molar-refractivity contribution in [2.75, 3.05) is 23.8 Å². The second-order valence-electron chi connectivity index (χ2n) is 5.18. The average molecular weight is 252 g/mol. The summed E-state index contributed by atoms with van der Waals surface area (Å²) in [6.45, 7) is 3.25. The molecule has 19 heavy (non-hydrogen) atoms. The summed E-state index contributed by atoms with van der Waals surface area (Å²) >= 11 is 0. The van der Waals surface area contributed by atoms with Crippen LogP contribution in [0, 0.1) is 6.92 Å². The first-order chi connectivity index (χ1) is 9.27. The Bertz CT molecular complexity index is 590. The standard InChI is InChI=1S/C17H20N2/c1-13-7-3-4-10-16(13)19(2)17-11-5-9-15-14(17)8-6-12-18-15/h3-5,7,9-11,18H,6,8,12H2,1-2H3. The maximum atomic E-state index is 3.50. The van der Waals surface area contributed by atoms with Crippen LogP contribution < -0.4 is 10.2 Å². The molecule has 0 unspecified atom stereocenters. The Morgan fingerprint density at radius 2 is 1.79 bits per heavy atom. The summed E-state index contributed by atoms with van der Waals surface area (Å²) in [7, 11) is 2.16. The molecule has 0 radical (unpaired) electrons. The number of benzene rings is 2. The van der Waals surface area contributed by atoms with Crippen LogP contribution in [0.1, 0.15) is 17.5 Å². The molecule has 0 fully saturated rings. The van der Waals surface area contributed by atoms with E-state index in [1.165, 1.54) is 34.6 Å². The first kappa shape index (κ1) is 12.1. The van der Waals surface area contributed by atoms with Crippen molar-refractivity contribution in [3.05, 3.63) is 53.6 Å². The first-order valence-electron chi connectivity index (χ1n) is 6.92. The number of rotatable bonds is 2. The molecule has 2 aromatic carbocycles. The van der Waals surface area contributed by atoms with Crippen LogP contribution in [0.2, 0.25) is 0 Å². The van der Waals surface area contributed by atoms with Gasteiger partial charge in [-0.1, -0.05) is 24.3 Å². The van der Waals surface area contributed by atoms with Crippen molar-refractivity contribution in [3.8, 4) is 0 Å². The molecule has 0 bridgehead atoms. The van der Waals surface area contributed by atoms with Crippen molar-refractivity contribution >= 4 is 17.1 Å². The van der Waals surface area contributed by atoms with E-state index in [0.29, 0.717) is 0 Å². The van der Waals surface area contributed by atoms with Crippen LogP contribution >= 0.6 is 0 Å². The molecule has 2 aromatic rings. The predicted molar refractivity (Wildman–Crippen MR) is 82.5 cm³/mol. The highest BCUT2D eigenvalue weighted by Crippen LogP contribution is 2.35. The smallest absolute Gasteiger partial charge is 0.0461 e. The summed E-state index contributed by atoms with van der Waals surface area (Å²) in [6, 6.07) is 15.1. The average Bonchev–Trinajstić information content (AvgIpc) is 2.46. The van der Waals surface area contributed by atoms with Gasteiger partial charge in [0.1, 0.15) is 0 Å². The molecular formula is C17H20N2. The molecule has 0 atom stereocenters. The first-order valence-corrected chi connectivity index (χ1v) is 6.92. The van der Waals surface area contributed by atoms with E-state index in [2.05, 4.69) is 66.7 Å². The molecule has 0 aromatic heterocycles. The van der Waals surface area contributed by atoms with E-state index in [0.717, 1.165) is 13.0 Å². The van der Waals surface area contributed by atoms with Crippen LogP contribution in [0.5, 0.6) is 0 Å². The van der Waals surface area contributed by atoms with Crippen molar-refractivity contribution in [2.24, 2.45) is 0 Å². The van der Waals surface area contributed by atoms with Gasteiger partial charge < -0.3 is 10.2 Å². The van der Waals surface area contributed by atoms with Gasteiger partial charge in [0.05, 0.1) is 0 Å². The minimum absolute atomic E-state index is 1.09. The Morgan fingerprint density at radius 1 is 1.00 bits per heavy atom. The van der Waals surface area contributed by atoms with Crippen LogP contribution in [0.15, 0.2) is 42.5 Å². The van der Waals surface area contributed by atoms with Gasteiger partial charge in [0.15, 0.2) is 0 Å². The molecule has 0 spiro atoms. The largest absolute Gasteiger partial charge is 0.385 e. The molecule has 0 saturated carbocycles. The van der Waals surface area contributed by atoms with Crippen molar-refractivity contribution in [2.45, 2.75) is 19.8 Å². The molecule has 1 aliphatic heterocycles. The second kappa shape index (κ2) is 4.96. The number of para-hydroxylation sites is 1. The third-order valence-corrected chi connectivity index (χ3v) is 3.91. The lowest BCUT2D eigenvalue weighted by Crippen LogP contribution is -2.18. The molecule has 2 nitrogen and oxygen atoms in total. The summed E-state index contributed by atoms with van der Waals surface area (Å²) in [5.41, 5.74) is 6.65. The fraction of sp³-hybridized carbons (Fsp3) is 0.294. The zero-order valence-corrected chi connectivity index (χ0v) is 11.6. The predicted octanol–water partition coefficient (Wildman–Crippen LogP) is 4.12. The van der Waals surface area contributed by atoms with Crippen molar-refractivity contribution in [1.82, 2.24) is 0 Å². The molecule has 0 amide bonds. The number of hydrogen-bond donors (Lipinski definition) is 1. The fourth-order valence-electron chi connectivity index (χ4n) is 2.87. The highest BCUT2D eigenvalue weighted by molar-refractivity contribution is 5.74. The van der Waals surface area contributed by atoms with Gasteiger partial charge in [-0.15, -0.1) is 0 Å². The summed E-state index contributed by atoms with van der Waals surface area (Å²) in [6.07, 6.45) is 2.38. The Kier molecular flexibility index (Phi) is 3.16. The molecule has 1 N–H and O–H groups in total. The topological polar surface area (TPSA) is 15.3 Å². The lowest BCUT2D eigenvalue weighted by molar-refractivity contribution is 0.828. The summed E-state index contributed by atoms with van der Waals surface area (Å²) < 4.78 is 0. The molecule has 1 heterocycles. The van der Waals surface area contributed by atoms with Crippen LogP contribution in [0.3, 0.4) is 0 Å². The quantitative estimate of drug-likeness (QED) is 0.865. The van der Waals surface area contributed by atoms with Crippen LogP contribution in [0.4, 0.5) is 17.1 Å². The summed E-state index contributed by atoms with van der Waals surface area (Å²) in [4.78, 5) is 2.31.